The van der Waals surface area contributed by atoms with Crippen LogP contribution in [-0.4, -0.2) is 18.2 Å². The summed E-state index contributed by atoms with van der Waals surface area (Å²) < 4.78 is 5.43. The summed E-state index contributed by atoms with van der Waals surface area (Å²) in [6.07, 6.45) is 1.03. The molecular weight excluding hydrogens is 226 g/mol. The van der Waals surface area contributed by atoms with E-state index in [2.05, 4.69) is 17.6 Å². The number of hydrogen-bond acceptors (Lipinski definition) is 4. The van der Waals surface area contributed by atoms with Crippen LogP contribution < -0.4 is 11.3 Å². The van der Waals surface area contributed by atoms with Crippen molar-refractivity contribution >= 4 is 10.9 Å². The van der Waals surface area contributed by atoms with Crippen LogP contribution in [0.2, 0.25) is 0 Å². The molecule has 3 rings (SSSR count). The number of ether oxygens (including phenoxy) is 1. The van der Waals surface area contributed by atoms with Crippen molar-refractivity contribution in [1.29, 1.82) is 0 Å². The van der Waals surface area contributed by atoms with E-state index in [1.54, 1.807) is 0 Å². The van der Waals surface area contributed by atoms with Gasteiger partial charge in [-0.05, 0) is 18.6 Å². The second-order valence-electron chi connectivity index (χ2n) is 4.70. The third-order valence-electron chi connectivity index (χ3n) is 3.55. The van der Waals surface area contributed by atoms with Gasteiger partial charge in [0.05, 0.1) is 23.9 Å². The summed E-state index contributed by atoms with van der Waals surface area (Å²) >= 11 is 0. The lowest BCUT2D eigenvalue weighted by molar-refractivity contribution is 0.176. The number of nitrogens with zero attached hydrogens (tertiary/aromatic N) is 1. The highest BCUT2D eigenvalue weighted by Crippen LogP contribution is 2.28. The highest BCUT2D eigenvalue weighted by atomic mass is 16.5. The van der Waals surface area contributed by atoms with E-state index in [0.29, 0.717) is 5.92 Å². The molecule has 18 heavy (non-hydrogen) atoms. The van der Waals surface area contributed by atoms with Crippen LogP contribution in [0, 0.1) is 5.92 Å². The van der Waals surface area contributed by atoms with Crippen LogP contribution in [0.3, 0.4) is 0 Å². The molecule has 2 aromatic rings. The van der Waals surface area contributed by atoms with E-state index < -0.39 is 0 Å². The summed E-state index contributed by atoms with van der Waals surface area (Å²) in [5.74, 6) is 6.09. The molecule has 4 nitrogen and oxygen atoms in total. The molecule has 1 aromatic heterocycles. The van der Waals surface area contributed by atoms with E-state index in [-0.39, 0.29) is 6.04 Å². The van der Waals surface area contributed by atoms with E-state index in [1.807, 2.05) is 24.3 Å². The molecule has 94 valence electrons. The van der Waals surface area contributed by atoms with Crippen molar-refractivity contribution in [3.63, 3.8) is 0 Å². The standard InChI is InChI=1S/C14H17N3O/c15-17-14(11-7-8-18-9-11)13-6-5-10-3-1-2-4-12(10)16-13/h1-6,11,14,17H,7-9,15H2. The van der Waals surface area contributed by atoms with Gasteiger partial charge in [0.1, 0.15) is 0 Å². The Morgan fingerprint density at radius 1 is 1.28 bits per heavy atom. The van der Waals surface area contributed by atoms with E-state index in [0.717, 1.165) is 36.2 Å². The molecule has 0 amide bonds. The molecule has 0 spiro atoms. The monoisotopic (exact) mass is 243 g/mol. The van der Waals surface area contributed by atoms with Crippen molar-refractivity contribution in [3.05, 3.63) is 42.1 Å². The Bertz CT molecular complexity index is 537. The lowest BCUT2D eigenvalue weighted by atomic mass is 9.96. The van der Waals surface area contributed by atoms with Crippen LogP contribution in [0.4, 0.5) is 0 Å². The maximum atomic E-state index is 5.68. The number of hydrogen-bond donors (Lipinski definition) is 2. The molecule has 0 aliphatic carbocycles. The van der Waals surface area contributed by atoms with Gasteiger partial charge >= 0.3 is 0 Å². The summed E-state index contributed by atoms with van der Waals surface area (Å²) in [5.41, 5.74) is 4.88. The SMILES string of the molecule is NNC(c1ccc2ccccc2n1)C1CCOC1. The Kier molecular flexibility index (Phi) is 3.23. The Morgan fingerprint density at radius 3 is 2.94 bits per heavy atom. The number of fused-ring (bicyclic) bond motifs is 1. The Morgan fingerprint density at radius 2 is 2.17 bits per heavy atom. The average molecular weight is 243 g/mol. The molecule has 2 atom stereocenters. The van der Waals surface area contributed by atoms with Gasteiger partial charge in [-0.3, -0.25) is 16.3 Å². The zero-order valence-corrected chi connectivity index (χ0v) is 10.2. The summed E-state index contributed by atoms with van der Waals surface area (Å²) in [6.45, 7) is 1.57. The van der Waals surface area contributed by atoms with Gasteiger partial charge < -0.3 is 4.74 Å². The fourth-order valence-electron chi connectivity index (χ4n) is 2.53. The first kappa shape index (κ1) is 11.6. The van der Waals surface area contributed by atoms with Crippen molar-refractivity contribution in [2.45, 2.75) is 12.5 Å². The van der Waals surface area contributed by atoms with Crippen molar-refractivity contribution < 1.29 is 4.74 Å². The number of benzene rings is 1. The van der Waals surface area contributed by atoms with Crippen LogP contribution in [0.15, 0.2) is 36.4 Å². The van der Waals surface area contributed by atoms with Crippen molar-refractivity contribution in [2.75, 3.05) is 13.2 Å². The molecular formula is C14H17N3O. The molecule has 0 bridgehead atoms. The van der Waals surface area contributed by atoms with Gasteiger partial charge in [0.25, 0.3) is 0 Å². The summed E-state index contributed by atoms with van der Waals surface area (Å²) in [4.78, 5) is 4.69. The van der Waals surface area contributed by atoms with Gasteiger partial charge in [0, 0.05) is 17.9 Å². The zero-order valence-electron chi connectivity index (χ0n) is 10.2. The molecule has 1 aliphatic rings. The maximum Gasteiger partial charge on any atom is 0.0706 e. The molecule has 0 radical (unpaired) electrons. The molecule has 0 saturated carbocycles. The predicted octanol–water partition coefficient (Wildman–Crippen LogP) is 1.78. The third kappa shape index (κ3) is 2.10. The maximum absolute atomic E-state index is 5.68. The number of nitrogens with one attached hydrogen (secondary N) is 1. The van der Waals surface area contributed by atoms with E-state index in [4.69, 9.17) is 15.6 Å². The van der Waals surface area contributed by atoms with Crippen LogP contribution in [0.1, 0.15) is 18.2 Å². The Labute approximate surface area is 106 Å². The van der Waals surface area contributed by atoms with Gasteiger partial charge in [0.15, 0.2) is 0 Å². The van der Waals surface area contributed by atoms with Crippen molar-refractivity contribution in [3.8, 4) is 0 Å². The zero-order chi connectivity index (χ0) is 12.4. The van der Waals surface area contributed by atoms with Crippen LogP contribution in [-0.2, 0) is 4.74 Å². The fourth-order valence-corrected chi connectivity index (χ4v) is 2.53. The van der Waals surface area contributed by atoms with Gasteiger partial charge in [-0.25, -0.2) is 0 Å². The minimum absolute atomic E-state index is 0.0668. The quantitative estimate of drug-likeness (QED) is 0.637. The molecule has 1 saturated heterocycles. The third-order valence-corrected chi connectivity index (χ3v) is 3.55. The average Bonchev–Trinajstić information content (AvgIpc) is 2.93. The highest BCUT2D eigenvalue weighted by Gasteiger charge is 2.27. The van der Waals surface area contributed by atoms with Crippen molar-refractivity contribution in [1.82, 2.24) is 10.4 Å². The normalized spacial score (nSPS) is 21.3. The van der Waals surface area contributed by atoms with Gasteiger partial charge in [0.2, 0.25) is 0 Å². The number of pyridine rings is 1. The number of hydrazine groups is 1. The summed E-state index contributed by atoms with van der Waals surface area (Å²) in [7, 11) is 0. The van der Waals surface area contributed by atoms with E-state index in [1.165, 1.54) is 0 Å². The fraction of sp³-hybridized carbons (Fsp3) is 0.357. The molecule has 1 aromatic carbocycles. The summed E-state index contributed by atoms with van der Waals surface area (Å²) in [5, 5.41) is 1.15. The van der Waals surface area contributed by atoms with E-state index in [9.17, 15) is 0 Å². The van der Waals surface area contributed by atoms with Gasteiger partial charge in [-0.2, -0.15) is 0 Å². The lowest BCUT2D eigenvalue weighted by Crippen LogP contribution is -2.34. The number of nitrogens with two attached hydrogens (primary N) is 1. The van der Waals surface area contributed by atoms with Gasteiger partial charge in [-0.1, -0.05) is 24.3 Å². The Balaban J connectivity index is 1.96. The van der Waals surface area contributed by atoms with E-state index >= 15 is 0 Å². The molecule has 2 heterocycles. The van der Waals surface area contributed by atoms with Crippen molar-refractivity contribution in [2.24, 2.45) is 11.8 Å². The molecule has 3 N–H and O–H groups in total. The minimum atomic E-state index is 0.0668. The second kappa shape index (κ2) is 5.02. The van der Waals surface area contributed by atoms with Crippen LogP contribution in [0.5, 0.6) is 0 Å². The van der Waals surface area contributed by atoms with Crippen LogP contribution in [0.25, 0.3) is 10.9 Å². The smallest absolute Gasteiger partial charge is 0.0706 e. The first-order chi connectivity index (χ1) is 8.88. The number of rotatable bonds is 3. The first-order valence-electron chi connectivity index (χ1n) is 6.28. The number of aromatic nitrogens is 1. The highest BCUT2D eigenvalue weighted by molar-refractivity contribution is 5.78. The molecule has 1 aliphatic heterocycles. The topological polar surface area (TPSA) is 60.2 Å². The molecule has 1 fully saturated rings. The first-order valence-corrected chi connectivity index (χ1v) is 6.28. The lowest BCUT2D eigenvalue weighted by Gasteiger charge is -2.21. The Hall–Kier alpha value is -1.49. The predicted molar refractivity (Wildman–Crippen MR) is 70.7 cm³/mol. The number of para-hydroxylation sites is 1. The largest absolute Gasteiger partial charge is 0.381 e. The van der Waals surface area contributed by atoms with Crippen LogP contribution >= 0.6 is 0 Å². The minimum Gasteiger partial charge on any atom is -0.381 e. The van der Waals surface area contributed by atoms with Gasteiger partial charge in [-0.15, -0.1) is 0 Å². The molecule has 2 unspecified atom stereocenters. The molecule has 4 heteroatoms. The second-order valence-corrected chi connectivity index (χ2v) is 4.70. The summed E-state index contributed by atoms with van der Waals surface area (Å²) in [6, 6.07) is 12.3.